The van der Waals surface area contributed by atoms with Gasteiger partial charge in [0, 0.05) is 18.5 Å². The quantitative estimate of drug-likeness (QED) is 0.933. The molecule has 0 aliphatic heterocycles. The van der Waals surface area contributed by atoms with Crippen molar-refractivity contribution in [2.45, 2.75) is 20.4 Å². The zero-order valence-electron chi connectivity index (χ0n) is 11.1. The Balaban J connectivity index is 2.17. The van der Waals surface area contributed by atoms with Gasteiger partial charge in [-0.05, 0) is 25.0 Å². The minimum Gasteiger partial charge on any atom is -0.375 e. The highest BCUT2D eigenvalue weighted by Gasteiger charge is 2.17. The second kappa shape index (κ2) is 5.84. The molecule has 0 atom stereocenters. The summed E-state index contributed by atoms with van der Waals surface area (Å²) in [6.07, 6.45) is 0. The molecule has 0 fully saturated rings. The van der Waals surface area contributed by atoms with Crippen molar-refractivity contribution in [3.05, 3.63) is 46.5 Å². The number of benzene rings is 1. The fraction of sp³-hybridized carbons (Fsp3) is 0.286. The maximum atomic E-state index is 12.3. The van der Waals surface area contributed by atoms with Crippen LogP contribution in [0.1, 0.15) is 28.5 Å². The Morgan fingerprint density at radius 2 is 2.16 bits per heavy atom. The number of amides is 1. The molecule has 0 saturated heterocycles. The summed E-state index contributed by atoms with van der Waals surface area (Å²) in [7, 11) is 0. The van der Waals surface area contributed by atoms with Gasteiger partial charge in [0.25, 0.3) is 5.91 Å². The van der Waals surface area contributed by atoms with Crippen LogP contribution in [0.2, 0.25) is 0 Å². The minimum atomic E-state index is -0.0706. The van der Waals surface area contributed by atoms with Crippen LogP contribution >= 0.6 is 11.3 Å². The van der Waals surface area contributed by atoms with Crippen LogP contribution in [0.4, 0.5) is 5.13 Å². The minimum absolute atomic E-state index is 0.0706. The molecule has 0 radical (unpaired) electrons. The lowest BCUT2D eigenvalue weighted by atomic mass is 10.1. The van der Waals surface area contributed by atoms with E-state index in [-0.39, 0.29) is 5.91 Å². The second-order valence-corrected chi connectivity index (χ2v) is 5.21. The lowest BCUT2D eigenvalue weighted by Crippen LogP contribution is -2.30. The van der Waals surface area contributed by atoms with Crippen molar-refractivity contribution in [2.24, 2.45) is 0 Å². The Bertz CT molecular complexity index is 580. The standard InChI is InChI=1S/C14H17N3OS/c1-3-17(8-11-7-5-4-6-10(11)2)13(18)12-9-19-14(15)16-12/h4-7,9H,3,8H2,1-2H3,(H2,15,16). The first-order chi connectivity index (χ1) is 9.11. The van der Waals surface area contributed by atoms with Gasteiger partial charge in [0.1, 0.15) is 5.69 Å². The lowest BCUT2D eigenvalue weighted by Gasteiger charge is -2.21. The van der Waals surface area contributed by atoms with E-state index >= 15 is 0 Å². The third kappa shape index (κ3) is 3.12. The summed E-state index contributed by atoms with van der Waals surface area (Å²) in [4.78, 5) is 18.1. The summed E-state index contributed by atoms with van der Waals surface area (Å²) in [5.74, 6) is -0.0706. The summed E-state index contributed by atoms with van der Waals surface area (Å²) >= 11 is 1.29. The zero-order chi connectivity index (χ0) is 13.8. The summed E-state index contributed by atoms with van der Waals surface area (Å²) in [6, 6.07) is 8.08. The van der Waals surface area contributed by atoms with E-state index in [9.17, 15) is 4.79 Å². The first-order valence-corrected chi connectivity index (χ1v) is 7.04. The van der Waals surface area contributed by atoms with Gasteiger partial charge in [0.05, 0.1) is 0 Å². The molecule has 5 heteroatoms. The van der Waals surface area contributed by atoms with Crippen LogP contribution < -0.4 is 5.73 Å². The summed E-state index contributed by atoms with van der Waals surface area (Å²) in [5.41, 5.74) is 8.34. The maximum absolute atomic E-state index is 12.3. The number of carbonyl (C=O) groups is 1. The van der Waals surface area contributed by atoms with Crippen molar-refractivity contribution in [1.82, 2.24) is 9.88 Å². The molecule has 2 aromatic rings. The Morgan fingerprint density at radius 3 is 2.74 bits per heavy atom. The number of nitrogens with zero attached hydrogens (tertiary/aromatic N) is 2. The molecule has 1 aromatic heterocycles. The van der Waals surface area contributed by atoms with E-state index in [0.717, 1.165) is 5.56 Å². The molecule has 19 heavy (non-hydrogen) atoms. The van der Waals surface area contributed by atoms with Gasteiger partial charge in [-0.25, -0.2) is 4.98 Å². The number of aromatic nitrogens is 1. The van der Waals surface area contributed by atoms with E-state index < -0.39 is 0 Å². The number of aryl methyl sites for hydroxylation is 1. The van der Waals surface area contributed by atoms with Crippen molar-refractivity contribution < 1.29 is 4.79 Å². The summed E-state index contributed by atoms with van der Waals surface area (Å²) in [5, 5.41) is 2.13. The van der Waals surface area contributed by atoms with Crippen molar-refractivity contribution in [3.8, 4) is 0 Å². The molecule has 0 spiro atoms. The molecule has 4 nitrogen and oxygen atoms in total. The SMILES string of the molecule is CCN(Cc1ccccc1C)C(=O)c1csc(N)n1. The Morgan fingerprint density at radius 1 is 1.42 bits per heavy atom. The molecular formula is C14H17N3OS. The first-order valence-electron chi connectivity index (χ1n) is 6.16. The maximum Gasteiger partial charge on any atom is 0.273 e. The van der Waals surface area contributed by atoms with Crippen LogP contribution in [0.25, 0.3) is 0 Å². The molecule has 100 valence electrons. The van der Waals surface area contributed by atoms with Crippen molar-refractivity contribution in [3.63, 3.8) is 0 Å². The highest BCUT2D eigenvalue weighted by Crippen LogP contribution is 2.16. The fourth-order valence-electron chi connectivity index (χ4n) is 1.87. The van der Waals surface area contributed by atoms with Gasteiger partial charge in [-0.2, -0.15) is 0 Å². The van der Waals surface area contributed by atoms with Crippen LogP contribution in [-0.4, -0.2) is 22.3 Å². The number of hydrogen-bond donors (Lipinski definition) is 1. The molecule has 0 aliphatic carbocycles. The topological polar surface area (TPSA) is 59.2 Å². The molecule has 1 amide bonds. The number of rotatable bonds is 4. The highest BCUT2D eigenvalue weighted by molar-refractivity contribution is 7.13. The van der Waals surface area contributed by atoms with Gasteiger partial charge in [0.2, 0.25) is 0 Å². The van der Waals surface area contributed by atoms with Crippen LogP contribution in [0.5, 0.6) is 0 Å². The zero-order valence-corrected chi connectivity index (χ0v) is 11.9. The molecule has 0 bridgehead atoms. The number of anilines is 1. The number of thiazole rings is 1. The molecule has 0 saturated carbocycles. The molecule has 0 aliphatic rings. The fourth-order valence-corrected chi connectivity index (χ4v) is 2.41. The average molecular weight is 275 g/mol. The van der Waals surface area contributed by atoms with Gasteiger partial charge in [0.15, 0.2) is 5.13 Å². The number of hydrogen-bond acceptors (Lipinski definition) is 4. The Labute approximate surface area is 116 Å². The smallest absolute Gasteiger partial charge is 0.273 e. The summed E-state index contributed by atoms with van der Waals surface area (Å²) < 4.78 is 0. The third-order valence-electron chi connectivity index (χ3n) is 3.03. The molecule has 1 heterocycles. The van der Waals surface area contributed by atoms with Gasteiger partial charge < -0.3 is 10.6 Å². The van der Waals surface area contributed by atoms with Gasteiger partial charge >= 0.3 is 0 Å². The van der Waals surface area contributed by atoms with Gasteiger partial charge in [-0.15, -0.1) is 11.3 Å². The van der Waals surface area contributed by atoms with E-state index in [4.69, 9.17) is 5.73 Å². The van der Waals surface area contributed by atoms with Gasteiger partial charge in [-0.3, -0.25) is 4.79 Å². The number of nitrogens with two attached hydrogens (primary N) is 1. The Hall–Kier alpha value is -1.88. The molecular weight excluding hydrogens is 258 g/mol. The predicted octanol–water partition coefficient (Wildman–Crippen LogP) is 2.70. The van der Waals surface area contributed by atoms with E-state index in [1.807, 2.05) is 25.1 Å². The number of carbonyl (C=O) groups excluding carboxylic acids is 1. The van der Waals surface area contributed by atoms with Crippen LogP contribution in [0, 0.1) is 6.92 Å². The first kappa shape index (κ1) is 13.5. The van der Waals surface area contributed by atoms with E-state index in [1.54, 1.807) is 10.3 Å². The Kier molecular flexibility index (Phi) is 4.16. The van der Waals surface area contributed by atoms with Crippen molar-refractivity contribution in [1.29, 1.82) is 0 Å². The molecule has 2 N–H and O–H groups in total. The lowest BCUT2D eigenvalue weighted by molar-refractivity contribution is 0.0747. The third-order valence-corrected chi connectivity index (χ3v) is 3.71. The monoisotopic (exact) mass is 275 g/mol. The van der Waals surface area contributed by atoms with Crippen LogP contribution in [0.15, 0.2) is 29.6 Å². The van der Waals surface area contributed by atoms with Crippen LogP contribution in [-0.2, 0) is 6.54 Å². The van der Waals surface area contributed by atoms with Crippen LogP contribution in [0.3, 0.4) is 0 Å². The predicted molar refractivity (Wildman–Crippen MR) is 78.1 cm³/mol. The van der Waals surface area contributed by atoms with Crippen molar-refractivity contribution >= 4 is 22.4 Å². The summed E-state index contributed by atoms with van der Waals surface area (Å²) in [6.45, 7) is 5.25. The van der Waals surface area contributed by atoms with E-state index in [2.05, 4.69) is 18.0 Å². The largest absolute Gasteiger partial charge is 0.375 e. The molecule has 0 unspecified atom stereocenters. The normalized spacial score (nSPS) is 10.4. The second-order valence-electron chi connectivity index (χ2n) is 4.32. The highest BCUT2D eigenvalue weighted by atomic mass is 32.1. The number of nitrogen functional groups attached to an aromatic ring is 1. The average Bonchev–Trinajstić information content (AvgIpc) is 2.84. The molecule has 1 aromatic carbocycles. The molecule has 2 rings (SSSR count). The van der Waals surface area contributed by atoms with E-state index in [0.29, 0.717) is 23.9 Å². The van der Waals surface area contributed by atoms with Gasteiger partial charge in [-0.1, -0.05) is 24.3 Å². The van der Waals surface area contributed by atoms with E-state index in [1.165, 1.54) is 16.9 Å². The van der Waals surface area contributed by atoms with Crippen molar-refractivity contribution in [2.75, 3.05) is 12.3 Å².